The fraction of sp³-hybridized carbons (Fsp3) is 0.636. The Bertz CT molecular complexity index is 409. The molecule has 1 aromatic heterocycles. The predicted octanol–water partition coefficient (Wildman–Crippen LogP) is 3.02. The Kier molecular flexibility index (Phi) is 4.31. The molecule has 0 atom stereocenters. The molecule has 0 unspecified atom stereocenters. The fourth-order valence-electron chi connectivity index (χ4n) is 2.01. The van der Waals surface area contributed by atoms with Gasteiger partial charge in [-0.1, -0.05) is 0 Å². The molecule has 1 aromatic rings. The maximum Gasteiger partial charge on any atom is 0.441 e. The van der Waals surface area contributed by atoms with Gasteiger partial charge in [0.25, 0.3) is 0 Å². The summed E-state index contributed by atoms with van der Waals surface area (Å²) in [6, 6.07) is 0. The van der Waals surface area contributed by atoms with Crippen molar-refractivity contribution in [3.63, 3.8) is 0 Å². The van der Waals surface area contributed by atoms with Crippen molar-refractivity contribution >= 4 is 17.6 Å². The normalized spacial score (nSPS) is 15.3. The summed E-state index contributed by atoms with van der Waals surface area (Å²) in [7, 11) is 0. The van der Waals surface area contributed by atoms with Crippen LogP contribution in [-0.4, -0.2) is 27.8 Å². The van der Waals surface area contributed by atoms with Gasteiger partial charge in [0.2, 0.25) is 0 Å². The van der Waals surface area contributed by atoms with Crippen LogP contribution in [0.15, 0.2) is 6.33 Å². The van der Waals surface area contributed by atoms with Crippen LogP contribution in [-0.2, 0) is 12.8 Å². The molecule has 18 heavy (non-hydrogen) atoms. The summed E-state index contributed by atoms with van der Waals surface area (Å²) in [6.45, 7) is 0.258. The number of thioether (sulfide) groups is 1. The first-order valence-corrected chi connectivity index (χ1v) is 6.82. The quantitative estimate of drug-likeness (QED) is 0.858. The van der Waals surface area contributed by atoms with E-state index in [0.717, 1.165) is 36.9 Å². The van der Waals surface area contributed by atoms with Gasteiger partial charge in [0, 0.05) is 23.6 Å². The molecule has 3 nitrogen and oxygen atoms in total. The van der Waals surface area contributed by atoms with E-state index in [2.05, 4.69) is 15.3 Å². The summed E-state index contributed by atoms with van der Waals surface area (Å²) in [6.07, 6.45) is 5.53. The Labute approximate surface area is 108 Å². The number of hydrogen-bond donors (Lipinski definition) is 1. The lowest BCUT2D eigenvalue weighted by Crippen LogP contribution is -2.15. The first-order chi connectivity index (χ1) is 8.56. The smallest absolute Gasteiger partial charge is 0.369 e. The maximum atomic E-state index is 12.0. The number of nitrogens with zero attached hydrogens (tertiary/aromatic N) is 2. The van der Waals surface area contributed by atoms with Gasteiger partial charge in [-0.15, -0.1) is 0 Å². The third kappa shape index (κ3) is 3.76. The number of aromatic nitrogens is 2. The average molecular weight is 277 g/mol. The number of rotatable bonds is 4. The van der Waals surface area contributed by atoms with Gasteiger partial charge in [-0.05, 0) is 37.4 Å². The lowest BCUT2D eigenvalue weighted by molar-refractivity contribution is -0.0327. The highest BCUT2D eigenvalue weighted by Crippen LogP contribution is 2.30. The van der Waals surface area contributed by atoms with Crippen LogP contribution in [0.5, 0.6) is 0 Å². The van der Waals surface area contributed by atoms with E-state index in [4.69, 9.17) is 0 Å². The maximum absolute atomic E-state index is 12.0. The van der Waals surface area contributed by atoms with Gasteiger partial charge in [0.1, 0.15) is 12.1 Å². The van der Waals surface area contributed by atoms with Gasteiger partial charge in [-0.2, -0.15) is 13.2 Å². The Morgan fingerprint density at radius 2 is 2.00 bits per heavy atom. The van der Waals surface area contributed by atoms with Gasteiger partial charge in [-0.25, -0.2) is 9.97 Å². The molecule has 0 spiro atoms. The molecule has 0 fully saturated rings. The van der Waals surface area contributed by atoms with Gasteiger partial charge in [-0.3, -0.25) is 0 Å². The van der Waals surface area contributed by atoms with E-state index in [-0.39, 0.29) is 24.1 Å². The average Bonchev–Trinajstić information content (AvgIpc) is 2.33. The summed E-state index contributed by atoms with van der Waals surface area (Å²) in [5, 5.41) is 2.97. The van der Waals surface area contributed by atoms with Crippen molar-refractivity contribution in [1.29, 1.82) is 0 Å². The molecule has 0 saturated heterocycles. The third-order valence-electron chi connectivity index (χ3n) is 2.79. The minimum Gasteiger partial charge on any atom is -0.369 e. The molecule has 0 aromatic carbocycles. The summed E-state index contributed by atoms with van der Waals surface area (Å²) in [5.74, 6) is 0.685. The van der Waals surface area contributed by atoms with Crippen LogP contribution in [0.4, 0.5) is 19.0 Å². The third-order valence-corrected chi connectivity index (χ3v) is 3.52. The largest absolute Gasteiger partial charge is 0.441 e. The number of alkyl halides is 3. The van der Waals surface area contributed by atoms with Crippen LogP contribution in [0, 0.1) is 0 Å². The number of anilines is 1. The van der Waals surface area contributed by atoms with Gasteiger partial charge >= 0.3 is 5.51 Å². The van der Waals surface area contributed by atoms with Crippen LogP contribution in [0.1, 0.15) is 24.1 Å². The first kappa shape index (κ1) is 13.5. The van der Waals surface area contributed by atoms with E-state index in [9.17, 15) is 13.2 Å². The van der Waals surface area contributed by atoms with E-state index in [0.29, 0.717) is 5.82 Å². The molecule has 0 amide bonds. The highest BCUT2D eigenvalue weighted by molar-refractivity contribution is 8.00. The summed E-state index contributed by atoms with van der Waals surface area (Å²) >= 11 is -0.0157. The molecule has 0 aliphatic heterocycles. The van der Waals surface area contributed by atoms with Crippen LogP contribution in [0.2, 0.25) is 0 Å². The van der Waals surface area contributed by atoms with E-state index >= 15 is 0 Å². The fourth-order valence-corrected chi connectivity index (χ4v) is 2.45. The van der Waals surface area contributed by atoms with Crippen molar-refractivity contribution in [3.8, 4) is 0 Å². The Morgan fingerprint density at radius 3 is 2.78 bits per heavy atom. The van der Waals surface area contributed by atoms with Crippen molar-refractivity contribution in [2.45, 2.75) is 31.2 Å². The highest BCUT2D eigenvalue weighted by Gasteiger charge is 2.27. The molecule has 1 N–H and O–H groups in total. The molecule has 1 heterocycles. The van der Waals surface area contributed by atoms with Gasteiger partial charge < -0.3 is 5.32 Å². The van der Waals surface area contributed by atoms with E-state index < -0.39 is 5.51 Å². The van der Waals surface area contributed by atoms with Crippen molar-refractivity contribution in [3.05, 3.63) is 17.6 Å². The van der Waals surface area contributed by atoms with Crippen LogP contribution < -0.4 is 5.32 Å². The molecule has 1 aliphatic carbocycles. The number of hydrogen-bond acceptors (Lipinski definition) is 4. The molecule has 100 valence electrons. The molecule has 0 saturated carbocycles. The minimum atomic E-state index is -4.16. The first-order valence-electron chi connectivity index (χ1n) is 5.83. The number of halogens is 3. The van der Waals surface area contributed by atoms with Gasteiger partial charge in [0.15, 0.2) is 0 Å². The van der Waals surface area contributed by atoms with E-state index in [1.165, 1.54) is 6.33 Å². The summed E-state index contributed by atoms with van der Waals surface area (Å²) in [5.41, 5.74) is -2.06. The Balaban J connectivity index is 1.90. The zero-order valence-electron chi connectivity index (χ0n) is 9.76. The van der Waals surface area contributed by atoms with Gasteiger partial charge in [0.05, 0.1) is 0 Å². The molecule has 7 heteroatoms. The lowest BCUT2D eigenvalue weighted by atomic mass is 9.96. The number of aryl methyl sites for hydroxylation is 1. The molecule has 2 rings (SSSR count). The summed E-state index contributed by atoms with van der Waals surface area (Å²) in [4.78, 5) is 8.32. The zero-order chi connectivity index (χ0) is 13.0. The SMILES string of the molecule is FC(F)(F)SCCNc1ncnc2c1CCCC2. The number of fused-ring (bicyclic) bond motifs is 1. The van der Waals surface area contributed by atoms with Crippen LogP contribution in [0.3, 0.4) is 0 Å². The second kappa shape index (κ2) is 5.77. The van der Waals surface area contributed by atoms with Crippen molar-refractivity contribution < 1.29 is 13.2 Å². The van der Waals surface area contributed by atoms with Crippen molar-refractivity contribution in [2.75, 3.05) is 17.6 Å². The molecule has 1 aliphatic rings. The second-order valence-corrected chi connectivity index (χ2v) is 5.24. The Hall–Kier alpha value is -0.980. The van der Waals surface area contributed by atoms with Crippen molar-refractivity contribution in [2.24, 2.45) is 0 Å². The second-order valence-electron chi connectivity index (χ2n) is 4.08. The standard InChI is InChI=1S/C11H14F3N3S/c12-11(13,14)18-6-5-15-10-8-3-1-2-4-9(8)16-7-17-10/h7H,1-6H2,(H,15,16,17). The molecule has 0 radical (unpaired) electrons. The Morgan fingerprint density at radius 1 is 1.22 bits per heavy atom. The highest BCUT2D eigenvalue weighted by atomic mass is 32.2. The van der Waals surface area contributed by atoms with Crippen LogP contribution in [0.25, 0.3) is 0 Å². The topological polar surface area (TPSA) is 37.8 Å². The molecular formula is C11H14F3N3S. The zero-order valence-corrected chi connectivity index (χ0v) is 10.6. The predicted molar refractivity (Wildman–Crippen MR) is 65.7 cm³/mol. The monoisotopic (exact) mass is 277 g/mol. The van der Waals surface area contributed by atoms with Crippen molar-refractivity contribution in [1.82, 2.24) is 9.97 Å². The van der Waals surface area contributed by atoms with E-state index in [1.807, 2.05) is 0 Å². The minimum absolute atomic E-state index is 0.0116. The van der Waals surface area contributed by atoms with Crippen LogP contribution >= 0.6 is 11.8 Å². The molecular weight excluding hydrogens is 263 g/mol. The molecule has 0 bridgehead atoms. The summed E-state index contributed by atoms with van der Waals surface area (Å²) < 4.78 is 35.9. The lowest BCUT2D eigenvalue weighted by Gasteiger charge is -2.18. The van der Waals surface area contributed by atoms with E-state index in [1.54, 1.807) is 0 Å². The number of nitrogens with one attached hydrogen (secondary N) is 1.